The number of fused-ring (bicyclic) bond motifs is 2. The van der Waals surface area contributed by atoms with Crippen molar-refractivity contribution in [3.63, 3.8) is 0 Å². The maximum atomic E-state index is 15.9. The second kappa shape index (κ2) is 12.7. The van der Waals surface area contributed by atoms with E-state index < -0.39 is 11.6 Å². The van der Waals surface area contributed by atoms with Gasteiger partial charge in [0.25, 0.3) is 5.91 Å². The van der Waals surface area contributed by atoms with E-state index in [-0.39, 0.29) is 42.4 Å². The Kier molecular flexibility index (Phi) is 8.64. The minimum atomic E-state index is -0.857. The molecule has 1 fully saturated rings. The Morgan fingerprint density at radius 1 is 1.21 bits per heavy atom. The number of benzene rings is 2. The molecule has 1 atom stereocenters. The number of aromatic nitrogens is 1. The number of halogens is 2. The summed E-state index contributed by atoms with van der Waals surface area (Å²) in [6, 6.07) is 9.00. The van der Waals surface area contributed by atoms with Gasteiger partial charge in [0, 0.05) is 59.0 Å². The Morgan fingerprint density at radius 2 is 2.00 bits per heavy atom. The van der Waals surface area contributed by atoms with Gasteiger partial charge in [-0.15, -0.1) is 11.3 Å². The normalized spacial score (nSPS) is 16.7. The first-order valence-corrected chi connectivity index (χ1v) is 15.9. The number of nitrogens with zero attached hydrogens (tertiary/aromatic N) is 5. The molecule has 4 heterocycles. The fraction of sp³-hybridized carbons (Fsp3) is 0.257. The van der Waals surface area contributed by atoms with Crippen LogP contribution in [0.25, 0.3) is 32.5 Å². The number of ether oxygens (including phenoxy) is 1. The van der Waals surface area contributed by atoms with Crippen molar-refractivity contribution in [1.29, 1.82) is 0 Å². The Hall–Kier alpha value is -4.94. The molecule has 9 nitrogen and oxygen atoms in total. The first kappa shape index (κ1) is 32.0. The molecule has 2 aliphatic rings. The number of carbonyl (C=O) groups is 2. The lowest BCUT2D eigenvalue weighted by Gasteiger charge is -2.39. The number of hydrogen-bond donors (Lipinski definition) is 1. The van der Waals surface area contributed by atoms with Crippen molar-refractivity contribution in [2.45, 2.75) is 26.4 Å². The van der Waals surface area contributed by atoms with Crippen LogP contribution in [-0.4, -0.2) is 81.8 Å². The highest BCUT2D eigenvalue weighted by Gasteiger charge is 2.31. The van der Waals surface area contributed by atoms with E-state index >= 15 is 4.39 Å². The quantitative estimate of drug-likeness (QED) is 0.190. The molecule has 12 heteroatoms. The van der Waals surface area contributed by atoms with Crippen LogP contribution >= 0.6 is 11.3 Å². The summed E-state index contributed by atoms with van der Waals surface area (Å²) in [6.45, 7) is 12.1. The van der Waals surface area contributed by atoms with Crippen LogP contribution in [0, 0.1) is 11.6 Å². The molecule has 0 aliphatic carbocycles. The van der Waals surface area contributed by atoms with Crippen LogP contribution in [0.2, 0.25) is 0 Å². The lowest BCUT2D eigenvalue weighted by Crippen LogP contribution is -2.50. The molecule has 6 rings (SSSR count). The van der Waals surface area contributed by atoms with Crippen molar-refractivity contribution in [1.82, 2.24) is 19.8 Å². The number of hydrogen-bond acceptors (Lipinski definition) is 8. The van der Waals surface area contributed by atoms with Gasteiger partial charge < -0.3 is 19.6 Å². The third-order valence-electron chi connectivity index (χ3n) is 8.49. The van der Waals surface area contributed by atoms with E-state index in [0.29, 0.717) is 58.3 Å². The average Bonchev–Trinajstić information content (AvgIpc) is 3.65. The number of rotatable bonds is 8. The van der Waals surface area contributed by atoms with Gasteiger partial charge in [0.15, 0.2) is 0 Å². The second-order valence-corrected chi connectivity index (χ2v) is 12.3. The van der Waals surface area contributed by atoms with Gasteiger partial charge in [0.05, 0.1) is 47.6 Å². The van der Waals surface area contributed by atoms with Crippen molar-refractivity contribution in [3.05, 3.63) is 95.2 Å². The van der Waals surface area contributed by atoms with Crippen LogP contribution in [-0.2, 0) is 11.3 Å². The number of aliphatic hydroxyl groups is 1. The molecule has 2 amide bonds. The molecule has 0 spiro atoms. The first-order chi connectivity index (χ1) is 22.5. The largest absolute Gasteiger partial charge is 0.490 e. The number of thiophene rings is 1. The summed E-state index contributed by atoms with van der Waals surface area (Å²) in [5, 5.41) is 18.6. The minimum absolute atomic E-state index is 0.00864. The van der Waals surface area contributed by atoms with Gasteiger partial charge in [-0.2, -0.15) is 5.10 Å². The molecule has 0 unspecified atom stereocenters. The van der Waals surface area contributed by atoms with E-state index in [1.165, 1.54) is 17.4 Å². The fourth-order valence-corrected chi connectivity index (χ4v) is 7.06. The van der Waals surface area contributed by atoms with Crippen LogP contribution in [0.5, 0.6) is 5.75 Å². The molecular formula is C35H33F2N5O4S. The van der Waals surface area contributed by atoms with Gasteiger partial charge >= 0.3 is 0 Å². The van der Waals surface area contributed by atoms with Crippen LogP contribution in [0.3, 0.4) is 0 Å². The lowest BCUT2D eigenvalue weighted by molar-refractivity contribution is -0.128. The number of carbonyl (C=O) groups excluding carboxylic acids is 2. The van der Waals surface area contributed by atoms with E-state index in [4.69, 9.17) is 14.8 Å². The summed E-state index contributed by atoms with van der Waals surface area (Å²) in [4.78, 5) is 33.4. The predicted octanol–water partition coefficient (Wildman–Crippen LogP) is 5.82. The van der Waals surface area contributed by atoms with Crippen LogP contribution in [0.1, 0.15) is 35.5 Å². The van der Waals surface area contributed by atoms with Gasteiger partial charge in [-0.05, 0) is 49.1 Å². The Bertz CT molecular complexity index is 1990. The number of piperazine rings is 1. The summed E-state index contributed by atoms with van der Waals surface area (Å²) in [6.07, 6.45) is 1.27. The van der Waals surface area contributed by atoms with Crippen molar-refractivity contribution >= 4 is 38.9 Å². The number of hydrazone groups is 1. The standard InChI is InChI=1S/C35H33F2N5O4S/c1-6-29(44)41-10-11-42(21(4)20(41)3)39-19(2)32-31(30-27(37)16-24(36)17-28(30)46-13-12-43)34-26(9-14-47-34)33(38-32)22-7-8-25-23(15-22)18-40(5)35(25)45/h6-9,14-17,20,43H,1,4,10-13,18H2,2-3,5H3/b39-19+/t20-/m1/s1. The molecule has 2 aliphatic heterocycles. The van der Waals surface area contributed by atoms with E-state index in [2.05, 4.69) is 13.2 Å². The Morgan fingerprint density at radius 3 is 2.74 bits per heavy atom. The van der Waals surface area contributed by atoms with Crippen molar-refractivity contribution in [2.24, 2.45) is 5.10 Å². The Balaban J connectivity index is 1.57. The summed E-state index contributed by atoms with van der Waals surface area (Å²) in [5.74, 6) is -2.02. The first-order valence-electron chi connectivity index (χ1n) is 15.0. The zero-order chi connectivity index (χ0) is 33.6. The molecule has 242 valence electrons. The highest BCUT2D eigenvalue weighted by Crippen LogP contribution is 2.45. The topological polar surface area (TPSA) is 98.6 Å². The minimum Gasteiger partial charge on any atom is -0.490 e. The lowest BCUT2D eigenvalue weighted by atomic mass is 9.95. The summed E-state index contributed by atoms with van der Waals surface area (Å²) in [5.41, 5.74) is 4.55. The fourth-order valence-electron chi connectivity index (χ4n) is 6.11. The maximum Gasteiger partial charge on any atom is 0.254 e. The van der Waals surface area contributed by atoms with E-state index in [1.54, 1.807) is 34.8 Å². The van der Waals surface area contributed by atoms with Crippen molar-refractivity contribution in [3.8, 4) is 28.1 Å². The van der Waals surface area contributed by atoms with Gasteiger partial charge in [-0.1, -0.05) is 19.2 Å². The van der Waals surface area contributed by atoms with Crippen LogP contribution in [0.4, 0.5) is 8.78 Å². The summed E-state index contributed by atoms with van der Waals surface area (Å²) < 4.78 is 36.8. The van der Waals surface area contributed by atoms with E-state index in [1.807, 2.05) is 30.5 Å². The Labute approximate surface area is 274 Å². The SMILES string of the molecule is C=CC(=O)N1CCN(/N=C(\C)c2nc(-c3ccc4c(c3)CN(C)C4=O)c3ccsc3c2-c2c(F)cc(F)cc2OCCO)C(=C)[C@H]1C. The van der Waals surface area contributed by atoms with Gasteiger partial charge in [-0.3, -0.25) is 14.6 Å². The molecule has 0 bridgehead atoms. The summed E-state index contributed by atoms with van der Waals surface area (Å²) >= 11 is 1.37. The highest BCUT2D eigenvalue weighted by atomic mass is 32.1. The highest BCUT2D eigenvalue weighted by molar-refractivity contribution is 7.18. The number of pyridine rings is 1. The second-order valence-electron chi connectivity index (χ2n) is 11.4. The summed E-state index contributed by atoms with van der Waals surface area (Å²) in [7, 11) is 1.75. The molecule has 2 aromatic carbocycles. The molecule has 0 saturated carbocycles. The molecule has 4 aromatic rings. The van der Waals surface area contributed by atoms with Crippen molar-refractivity contribution in [2.75, 3.05) is 33.4 Å². The van der Waals surface area contributed by atoms with Gasteiger partial charge in [0.1, 0.15) is 24.0 Å². The zero-order valence-corrected chi connectivity index (χ0v) is 27.0. The monoisotopic (exact) mass is 657 g/mol. The average molecular weight is 658 g/mol. The molecule has 1 saturated heterocycles. The molecular weight excluding hydrogens is 624 g/mol. The van der Waals surface area contributed by atoms with Crippen molar-refractivity contribution < 1.29 is 28.2 Å². The van der Waals surface area contributed by atoms with Gasteiger partial charge in [0.2, 0.25) is 5.91 Å². The van der Waals surface area contributed by atoms with E-state index in [0.717, 1.165) is 28.6 Å². The van der Waals surface area contributed by atoms with E-state index in [9.17, 15) is 19.1 Å². The number of amides is 2. The molecule has 1 N–H and O–H groups in total. The number of aliphatic hydroxyl groups excluding tert-OH is 1. The molecule has 2 aromatic heterocycles. The molecule has 47 heavy (non-hydrogen) atoms. The maximum absolute atomic E-state index is 15.9. The van der Waals surface area contributed by atoms with Gasteiger partial charge in [-0.25, -0.2) is 13.8 Å². The zero-order valence-electron chi connectivity index (χ0n) is 26.2. The third kappa shape index (κ3) is 5.68. The van der Waals surface area contributed by atoms with Crippen LogP contribution in [0.15, 0.2) is 71.8 Å². The van der Waals surface area contributed by atoms with Crippen LogP contribution < -0.4 is 4.74 Å². The smallest absolute Gasteiger partial charge is 0.254 e. The third-order valence-corrected chi connectivity index (χ3v) is 9.43. The predicted molar refractivity (Wildman–Crippen MR) is 178 cm³/mol. The molecule has 0 radical (unpaired) electrons.